The average Bonchev–Trinajstić information content (AvgIpc) is 3.13. The maximum absolute atomic E-state index is 12.6. The van der Waals surface area contributed by atoms with E-state index >= 15 is 0 Å². The summed E-state index contributed by atoms with van der Waals surface area (Å²) in [5.74, 6) is 0.430. The largest absolute Gasteiger partial charge is 0.472 e. The molecule has 0 saturated carbocycles. The zero-order valence-electron chi connectivity index (χ0n) is 15.1. The predicted octanol–water partition coefficient (Wildman–Crippen LogP) is 3.22. The van der Waals surface area contributed by atoms with Crippen LogP contribution in [0.4, 0.5) is 0 Å². The molecule has 0 unspecified atom stereocenters. The number of morpholine rings is 1. The van der Waals surface area contributed by atoms with Gasteiger partial charge >= 0.3 is 5.97 Å². The Hall–Kier alpha value is -2.22. The van der Waals surface area contributed by atoms with Gasteiger partial charge in [0.25, 0.3) is 0 Å². The lowest BCUT2D eigenvalue weighted by Crippen LogP contribution is -2.48. The Bertz CT molecular complexity index is 839. The monoisotopic (exact) mass is 387 g/mol. The van der Waals surface area contributed by atoms with E-state index in [0.29, 0.717) is 42.4 Å². The molecule has 1 fully saturated rings. The molecule has 3 heterocycles. The van der Waals surface area contributed by atoms with Crippen molar-refractivity contribution >= 4 is 23.1 Å². The Labute approximate surface area is 161 Å². The standard InChI is InChI=1S/C20H21NO5S/c1-2-25-20(23)14-5-3-13(4-6-14)15-12-27-19-16(22)11-17(26-18(15)19)21-7-9-24-10-8-21/h3-6,12,17H,2,7-11H2,1H3/t17-/m1/s1. The van der Waals surface area contributed by atoms with Crippen LogP contribution in [0.5, 0.6) is 5.75 Å². The van der Waals surface area contributed by atoms with Gasteiger partial charge in [-0.25, -0.2) is 4.79 Å². The fourth-order valence-electron chi connectivity index (χ4n) is 3.35. The second-order valence-electron chi connectivity index (χ2n) is 6.45. The number of benzene rings is 1. The molecule has 1 aromatic carbocycles. The predicted molar refractivity (Wildman–Crippen MR) is 101 cm³/mol. The molecule has 0 N–H and O–H groups in total. The first-order chi connectivity index (χ1) is 13.2. The van der Waals surface area contributed by atoms with Gasteiger partial charge in [0.2, 0.25) is 0 Å². The summed E-state index contributed by atoms with van der Waals surface area (Å²) in [6.07, 6.45) is 0.121. The normalized spacial score (nSPS) is 20.0. The first-order valence-corrected chi connectivity index (χ1v) is 9.96. The summed E-state index contributed by atoms with van der Waals surface area (Å²) in [5, 5.41) is 1.95. The number of esters is 1. The highest BCUT2D eigenvalue weighted by molar-refractivity contribution is 7.13. The van der Waals surface area contributed by atoms with E-state index in [2.05, 4.69) is 4.90 Å². The third-order valence-electron chi connectivity index (χ3n) is 4.77. The van der Waals surface area contributed by atoms with Crippen LogP contribution in [0.3, 0.4) is 0 Å². The van der Waals surface area contributed by atoms with Crippen molar-refractivity contribution in [3.05, 3.63) is 40.1 Å². The number of ether oxygens (including phenoxy) is 3. The maximum Gasteiger partial charge on any atom is 0.338 e. The molecule has 7 heteroatoms. The number of ketones is 1. The van der Waals surface area contributed by atoms with E-state index in [9.17, 15) is 9.59 Å². The summed E-state index contributed by atoms with van der Waals surface area (Å²) >= 11 is 1.41. The van der Waals surface area contributed by atoms with E-state index in [1.54, 1.807) is 19.1 Å². The first-order valence-electron chi connectivity index (χ1n) is 9.08. The summed E-state index contributed by atoms with van der Waals surface area (Å²) < 4.78 is 16.7. The quantitative estimate of drug-likeness (QED) is 0.751. The molecular weight excluding hydrogens is 366 g/mol. The van der Waals surface area contributed by atoms with Gasteiger partial charge in [0, 0.05) is 24.0 Å². The number of carbonyl (C=O) groups is 2. The van der Waals surface area contributed by atoms with Gasteiger partial charge in [-0.05, 0) is 24.6 Å². The van der Waals surface area contributed by atoms with Gasteiger partial charge in [-0.3, -0.25) is 9.69 Å². The van der Waals surface area contributed by atoms with Crippen LogP contribution in [0.25, 0.3) is 11.1 Å². The van der Waals surface area contributed by atoms with Crippen molar-refractivity contribution in [3.8, 4) is 16.9 Å². The number of nitrogens with zero attached hydrogens (tertiary/aromatic N) is 1. The molecule has 1 saturated heterocycles. The molecule has 142 valence electrons. The number of carbonyl (C=O) groups excluding carboxylic acids is 2. The fraction of sp³-hybridized carbons (Fsp3) is 0.400. The minimum atomic E-state index is -0.338. The molecule has 0 radical (unpaired) electrons. The number of Topliss-reactive ketones (excluding diaryl/α,β-unsaturated/α-hetero) is 1. The fourth-order valence-corrected chi connectivity index (χ4v) is 4.31. The van der Waals surface area contributed by atoms with E-state index < -0.39 is 0 Å². The van der Waals surface area contributed by atoms with Crippen LogP contribution in [-0.2, 0) is 9.47 Å². The number of thiophene rings is 1. The third kappa shape index (κ3) is 3.63. The summed E-state index contributed by atoms with van der Waals surface area (Å²) in [6.45, 7) is 4.97. The van der Waals surface area contributed by atoms with Gasteiger partial charge < -0.3 is 14.2 Å². The van der Waals surface area contributed by atoms with Crippen LogP contribution >= 0.6 is 11.3 Å². The third-order valence-corrected chi connectivity index (χ3v) is 5.77. The van der Waals surface area contributed by atoms with E-state index in [4.69, 9.17) is 14.2 Å². The Morgan fingerprint density at radius 2 is 2.00 bits per heavy atom. The average molecular weight is 387 g/mol. The van der Waals surface area contributed by atoms with Gasteiger partial charge in [0.05, 0.1) is 31.8 Å². The topological polar surface area (TPSA) is 65.1 Å². The van der Waals surface area contributed by atoms with Crippen LogP contribution < -0.4 is 4.74 Å². The van der Waals surface area contributed by atoms with Gasteiger partial charge in [-0.2, -0.15) is 0 Å². The Morgan fingerprint density at radius 1 is 1.26 bits per heavy atom. The van der Waals surface area contributed by atoms with Crippen molar-refractivity contribution in [2.45, 2.75) is 19.6 Å². The van der Waals surface area contributed by atoms with Gasteiger partial charge in [-0.1, -0.05) is 12.1 Å². The van der Waals surface area contributed by atoms with Crippen LogP contribution in [0, 0.1) is 0 Å². The number of hydrogen-bond acceptors (Lipinski definition) is 7. The van der Waals surface area contributed by atoms with Crippen molar-refractivity contribution in [1.82, 2.24) is 4.90 Å². The lowest BCUT2D eigenvalue weighted by atomic mass is 10.0. The van der Waals surface area contributed by atoms with Crippen molar-refractivity contribution in [3.63, 3.8) is 0 Å². The molecule has 27 heavy (non-hydrogen) atoms. The summed E-state index contributed by atoms with van der Waals surface area (Å²) in [7, 11) is 0. The second kappa shape index (κ2) is 7.80. The first kappa shape index (κ1) is 18.2. The highest BCUT2D eigenvalue weighted by atomic mass is 32.1. The Kier molecular flexibility index (Phi) is 5.24. The summed E-state index contributed by atoms with van der Waals surface area (Å²) in [6, 6.07) is 7.20. The molecule has 0 spiro atoms. The molecule has 0 amide bonds. The second-order valence-corrected chi connectivity index (χ2v) is 7.33. The SMILES string of the molecule is CCOC(=O)c1ccc(-c2csc3c2O[C@@H](N2CCOCC2)CC3=O)cc1. The zero-order chi connectivity index (χ0) is 18.8. The number of fused-ring (bicyclic) bond motifs is 1. The van der Waals surface area contributed by atoms with Crippen molar-refractivity contribution in [2.75, 3.05) is 32.9 Å². The number of rotatable bonds is 4. The van der Waals surface area contributed by atoms with Crippen LogP contribution in [0.1, 0.15) is 33.4 Å². The minimum Gasteiger partial charge on any atom is -0.472 e. The van der Waals surface area contributed by atoms with E-state index in [-0.39, 0.29) is 18.0 Å². The smallest absolute Gasteiger partial charge is 0.338 e. The lowest BCUT2D eigenvalue weighted by molar-refractivity contribution is -0.0483. The molecule has 0 bridgehead atoms. The molecule has 4 rings (SSSR count). The molecule has 1 aromatic heterocycles. The molecular formula is C20H21NO5S. The van der Waals surface area contributed by atoms with Crippen molar-refractivity contribution in [2.24, 2.45) is 0 Å². The highest BCUT2D eigenvalue weighted by Crippen LogP contribution is 2.43. The molecule has 2 aromatic rings. The van der Waals surface area contributed by atoms with Gasteiger partial charge in [0.1, 0.15) is 4.88 Å². The van der Waals surface area contributed by atoms with E-state index in [0.717, 1.165) is 24.2 Å². The van der Waals surface area contributed by atoms with Crippen molar-refractivity contribution < 1.29 is 23.8 Å². The van der Waals surface area contributed by atoms with Crippen LogP contribution in [0.15, 0.2) is 29.6 Å². The maximum atomic E-state index is 12.6. The molecule has 2 aliphatic heterocycles. The minimum absolute atomic E-state index is 0.118. The molecule has 2 aliphatic rings. The molecule has 6 nitrogen and oxygen atoms in total. The van der Waals surface area contributed by atoms with Crippen LogP contribution in [-0.4, -0.2) is 55.8 Å². The Morgan fingerprint density at radius 3 is 2.70 bits per heavy atom. The van der Waals surface area contributed by atoms with E-state index in [1.807, 2.05) is 17.5 Å². The Balaban J connectivity index is 1.59. The highest BCUT2D eigenvalue weighted by Gasteiger charge is 2.34. The van der Waals surface area contributed by atoms with Gasteiger partial charge in [0.15, 0.2) is 17.8 Å². The summed E-state index contributed by atoms with van der Waals surface area (Å²) in [5.41, 5.74) is 2.31. The van der Waals surface area contributed by atoms with E-state index in [1.165, 1.54) is 11.3 Å². The van der Waals surface area contributed by atoms with Crippen LogP contribution in [0.2, 0.25) is 0 Å². The van der Waals surface area contributed by atoms with Crippen molar-refractivity contribution in [1.29, 1.82) is 0 Å². The summed E-state index contributed by atoms with van der Waals surface area (Å²) in [4.78, 5) is 27.3. The molecule has 1 atom stereocenters. The zero-order valence-corrected chi connectivity index (χ0v) is 15.9. The lowest BCUT2D eigenvalue weighted by Gasteiger charge is -2.36. The molecule has 0 aliphatic carbocycles. The van der Waals surface area contributed by atoms with Gasteiger partial charge in [-0.15, -0.1) is 11.3 Å². The number of hydrogen-bond donors (Lipinski definition) is 0.